The second kappa shape index (κ2) is 3.78. The van der Waals surface area contributed by atoms with Crippen LogP contribution in [0.1, 0.15) is 19.3 Å². The third kappa shape index (κ3) is 1.70. The minimum Gasteiger partial charge on any atom is -0.392 e. The Balaban J connectivity index is 2.10. The molecule has 1 saturated carbocycles. The predicted octanol–water partition coefficient (Wildman–Crippen LogP) is 0.328. The van der Waals surface area contributed by atoms with Crippen molar-refractivity contribution in [2.75, 3.05) is 5.32 Å². The molecule has 0 radical (unpaired) electrons. The standard InChI is InChI=1S/C7H9N5OS2/c8-4(14)7(2-1-3-7)5(13)9-6-10-11-12-15-6/h1-3H2,(H2,8,14)(H,9,10,12,13). The van der Waals surface area contributed by atoms with Crippen LogP contribution in [0.2, 0.25) is 0 Å². The number of rotatable bonds is 3. The first-order chi connectivity index (χ1) is 7.15. The SMILES string of the molecule is NC(=S)C1(C(=O)Nc2nnns2)CCC1. The summed E-state index contributed by atoms with van der Waals surface area (Å²) < 4.78 is 3.55. The van der Waals surface area contributed by atoms with Crippen molar-refractivity contribution >= 4 is 39.8 Å². The first-order valence-corrected chi connectivity index (χ1v) is 5.60. The highest BCUT2D eigenvalue weighted by Gasteiger charge is 2.47. The molecule has 1 amide bonds. The molecule has 0 aromatic carbocycles. The van der Waals surface area contributed by atoms with Crippen molar-refractivity contribution in [3.05, 3.63) is 0 Å². The van der Waals surface area contributed by atoms with Crippen LogP contribution >= 0.6 is 23.8 Å². The van der Waals surface area contributed by atoms with Gasteiger partial charge < -0.3 is 5.73 Å². The molecule has 1 heterocycles. The van der Waals surface area contributed by atoms with Gasteiger partial charge in [-0.15, -0.1) is 0 Å². The second-order valence-corrected chi connectivity index (χ2v) is 4.59. The van der Waals surface area contributed by atoms with E-state index in [4.69, 9.17) is 18.0 Å². The molecule has 6 nitrogen and oxygen atoms in total. The van der Waals surface area contributed by atoms with E-state index >= 15 is 0 Å². The predicted molar refractivity (Wildman–Crippen MR) is 59.4 cm³/mol. The molecule has 1 aromatic heterocycles. The van der Waals surface area contributed by atoms with Gasteiger partial charge in [0.2, 0.25) is 11.0 Å². The van der Waals surface area contributed by atoms with Crippen molar-refractivity contribution in [2.24, 2.45) is 11.1 Å². The zero-order chi connectivity index (χ0) is 10.9. The van der Waals surface area contributed by atoms with E-state index in [1.165, 1.54) is 0 Å². The Morgan fingerprint density at radius 2 is 2.33 bits per heavy atom. The van der Waals surface area contributed by atoms with E-state index in [2.05, 4.69) is 20.1 Å². The van der Waals surface area contributed by atoms with Gasteiger partial charge in [-0.1, -0.05) is 28.2 Å². The fraction of sp³-hybridized carbons (Fsp3) is 0.571. The maximum Gasteiger partial charge on any atom is 0.239 e. The Bertz CT molecular complexity index is 386. The van der Waals surface area contributed by atoms with Crippen LogP contribution in [0.5, 0.6) is 0 Å². The number of hydrogen-bond acceptors (Lipinski definition) is 6. The van der Waals surface area contributed by atoms with Crippen molar-refractivity contribution in [1.82, 2.24) is 14.8 Å². The maximum atomic E-state index is 11.9. The van der Waals surface area contributed by atoms with Gasteiger partial charge in [0.05, 0.1) is 10.4 Å². The largest absolute Gasteiger partial charge is 0.392 e. The lowest BCUT2D eigenvalue weighted by Gasteiger charge is -2.38. The van der Waals surface area contributed by atoms with Gasteiger partial charge in [-0.05, 0) is 18.1 Å². The quantitative estimate of drug-likeness (QED) is 0.743. The van der Waals surface area contributed by atoms with Crippen LogP contribution in [0, 0.1) is 5.41 Å². The van der Waals surface area contributed by atoms with Gasteiger partial charge >= 0.3 is 0 Å². The summed E-state index contributed by atoms with van der Waals surface area (Å²) >= 11 is 5.95. The van der Waals surface area contributed by atoms with Crippen molar-refractivity contribution < 1.29 is 4.79 Å². The van der Waals surface area contributed by atoms with E-state index in [0.29, 0.717) is 18.0 Å². The summed E-state index contributed by atoms with van der Waals surface area (Å²) in [5.74, 6) is -0.195. The number of thiocarbonyl (C=S) groups is 1. The van der Waals surface area contributed by atoms with E-state index in [-0.39, 0.29) is 10.9 Å². The van der Waals surface area contributed by atoms with Gasteiger partial charge in [0.15, 0.2) is 0 Å². The highest BCUT2D eigenvalue weighted by atomic mass is 32.1. The second-order valence-electron chi connectivity index (χ2n) is 3.42. The third-order valence-corrected chi connectivity index (χ3v) is 3.54. The minimum atomic E-state index is -0.680. The Morgan fingerprint density at radius 3 is 2.73 bits per heavy atom. The van der Waals surface area contributed by atoms with E-state index in [1.54, 1.807) is 0 Å². The number of anilines is 1. The average Bonchev–Trinajstić information content (AvgIpc) is 2.53. The fourth-order valence-electron chi connectivity index (χ4n) is 1.51. The monoisotopic (exact) mass is 243 g/mol. The van der Waals surface area contributed by atoms with E-state index < -0.39 is 5.41 Å². The van der Waals surface area contributed by atoms with E-state index in [1.807, 2.05) is 0 Å². The molecule has 1 aliphatic carbocycles. The lowest BCUT2D eigenvalue weighted by molar-refractivity contribution is -0.125. The molecule has 0 atom stereocenters. The minimum absolute atomic E-state index is 0.195. The van der Waals surface area contributed by atoms with Gasteiger partial charge in [0, 0.05) is 11.5 Å². The Hall–Kier alpha value is -1.15. The molecule has 1 aromatic rings. The summed E-state index contributed by atoms with van der Waals surface area (Å²) in [5.41, 5.74) is 4.91. The Kier molecular flexibility index (Phi) is 2.61. The number of carbonyl (C=O) groups is 1. The smallest absolute Gasteiger partial charge is 0.239 e. The number of hydrogen-bond donors (Lipinski definition) is 2. The molecular weight excluding hydrogens is 234 g/mol. The van der Waals surface area contributed by atoms with Gasteiger partial charge in [0.25, 0.3) is 0 Å². The highest BCUT2D eigenvalue weighted by molar-refractivity contribution is 7.80. The molecule has 0 aliphatic heterocycles. The zero-order valence-electron chi connectivity index (χ0n) is 7.77. The zero-order valence-corrected chi connectivity index (χ0v) is 9.40. The molecule has 0 saturated heterocycles. The van der Waals surface area contributed by atoms with Crippen LogP contribution in [0.25, 0.3) is 0 Å². The molecule has 0 spiro atoms. The van der Waals surface area contributed by atoms with Crippen molar-refractivity contribution in [2.45, 2.75) is 19.3 Å². The fourth-order valence-corrected chi connectivity index (χ4v) is 2.17. The van der Waals surface area contributed by atoms with Gasteiger partial charge in [0.1, 0.15) is 0 Å². The molecule has 1 aliphatic rings. The number of aromatic nitrogens is 3. The topological polar surface area (TPSA) is 93.8 Å². The van der Waals surface area contributed by atoms with Crippen LogP contribution in [0.3, 0.4) is 0 Å². The van der Waals surface area contributed by atoms with E-state index in [9.17, 15) is 4.79 Å². The molecule has 8 heteroatoms. The summed E-state index contributed by atoms with van der Waals surface area (Å²) in [6.07, 6.45) is 2.39. The summed E-state index contributed by atoms with van der Waals surface area (Å²) in [5, 5.41) is 10.0. The number of amides is 1. The summed E-state index contributed by atoms with van der Waals surface area (Å²) in [6, 6.07) is 0. The molecule has 2 rings (SSSR count). The molecule has 1 fully saturated rings. The van der Waals surface area contributed by atoms with Crippen molar-refractivity contribution in [3.8, 4) is 0 Å². The Morgan fingerprint density at radius 1 is 1.60 bits per heavy atom. The third-order valence-electron chi connectivity index (χ3n) is 2.63. The van der Waals surface area contributed by atoms with Crippen molar-refractivity contribution in [3.63, 3.8) is 0 Å². The molecule has 80 valence electrons. The van der Waals surface area contributed by atoms with Crippen LogP contribution in [0.15, 0.2) is 0 Å². The summed E-state index contributed by atoms with van der Waals surface area (Å²) in [6.45, 7) is 0. The van der Waals surface area contributed by atoms with Crippen molar-refractivity contribution in [1.29, 1.82) is 0 Å². The lowest BCUT2D eigenvalue weighted by atomic mass is 9.68. The maximum absolute atomic E-state index is 11.9. The van der Waals surface area contributed by atoms with Gasteiger partial charge in [-0.2, -0.15) is 0 Å². The molecule has 3 N–H and O–H groups in total. The van der Waals surface area contributed by atoms with Gasteiger partial charge in [-0.3, -0.25) is 10.1 Å². The summed E-state index contributed by atoms with van der Waals surface area (Å²) in [7, 11) is 0. The highest BCUT2D eigenvalue weighted by Crippen LogP contribution is 2.42. The van der Waals surface area contributed by atoms with E-state index in [0.717, 1.165) is 18.0 Å². The van der Waals surface area contributed by atoms with Crippen LogP contribution in [-0.2, 0) is 4.79 Å². The number of carbonyl (C=O) groups excluding carboxylic acids is 1. The number of nitrogens with one attached hydrogen (secondary N) is 1. The van der Waals surface area contributed by atoms with Crippen LogP contribution in [0.4, 0.5) is 5.13 Å². The van der Waals surface area contributed by atoms with Crippen LogP contribution in [-0.4, -0.2) is 25.7 Å². The average molecular weight is 243 g/mol. The number of nitrogens with two attached hydrogens (primary N) is 1. The lowest BCUT2D eigenvalue weighted by Crippen LogP contribution is -2.50. The first-order valence-electron chi connectivity index (χ1n) is 4.41. The first kappa shape index (κ1) is 10.4. The molecule has 0 bridgehead atoms. The van der Waals surface area contributed by atoms with Gasteiger partial charge in [-0.25, -0.2) is 0 Å². The Labute approximate surface area is 95.4 Å². The summed E-state index contributed by atoms with van der Waals surface area (Å²) in [4.78, 5) is 12.1. The molecule has 0 unspecified atom stereocenters. The number of nitrogens with zero attached hydrogens (tertiary/aromatic N) is 3. The van der Waals surface area contributed by atoms with Crippen LogP contribution < -0.4 is 11.1 Å². The normalized spacial score (nSPS) is 17.9. The molecule has 15 heavy (non-hydrogen) atoms. The molecular formula is C7H9N5OS2.